The fraction of sp³-hybridized carbons (Fsp3) is 0.222. The first-order chi connectivity index (χ1) is 8.69. The molecular formula is C9H10ClN7O. The van der Waals surface area contributed by atoms with Crippen molar-refractivity contribution in [2.75, 3.05) is 11.9 Å². The molecular weight excluding hydrogens is 258 g/mol. The summed E-state index contributed by atoms with van der Waals surface area (Å²) >= 11 is 5.58. The van der Waals surface area contributed by atoms with Crippen LogP contribution >= 0.6 is 11.6 Å². The standard InChI is InChI=1S/C9H10ClN7O/c10-7-1-2-8(15-14-7)12-9(18)6-5-17(4-3-11)16-13-6/h1-2,5H,3-4,11H2,(H,12,15,18). The Morgan fingerprint density at radius 2 is 2.22 bits per heavy atom. The topological polar surface area (TPSA) is 112 Å². The molecule has 0 radical (unpaired) electrons. The summed E-state index contributed by atoms with van der Waals surface area (Å²) in [4.78, 5) is 11.8. The zero-order valence-corrected chi connectivity index (χ0v) is 10.0. The lowest BCUT2D eigenvalue weighted by atomic mass is 10.4. The lowest BCUT2D eigenvalue weighted by Crippen LogP contribution is -2.14. The predicted octanol–water partition coefficient (Wildman–Crippen LogP) is -0.0675. The molecule has 0 fully saturated rings. The lowest BCUT2D eigenvalue weighted by molar-refractivity contribution is 0.102. The molecule has 0 aliphatic heterocycles. The van der Waals surface area contributed by atoms with Gasteiger partial charge in [-0.2, -0.15) is 0 Å². The molecule has 1 amide bonds. The Morgan fingerprint density at radius 1 is 1.39 bits per heavy atom. The fourth-order valence-corrected chi connectivity index (χ4v) is 1.31. The van der Waals surface area contributed by atoms with E-state index in [1.807, 2.05) is 0 Å². The molecule has 0 aliphatic carbocycles. The minimum atomic E-state index is -0.421. The van der Waals surface area contributed by atoms with Crippen LogP contribution in [0.2, 0.25) is 5.15 Å². The van der Waals surface area contributed by atoms with Crippen molar-refractivity contribution < 1.29 is 4.79 Å². The van der Waals surface area contributed by atoms with Crippen LogP contribution < -0.4 is 11.1 Å². The second kappa shape index (κ2) is 5.52. The molecule has 0 unspecified atom stereocenters. The zero-order valence-electron chi connectivity index (χ0n) is 9.25. The molecule has 0 bridgehead atoms. The average molecular weight is 268 g/mol. The zero-order chi connectivity index (χ0) is 13.0. The van der Waals surface area contributed by atoms with Gasteiger partial charge in [-0.3, -0.25) is 9.48 Å². The molecule has 0 aromatic carbocycles. The maximum absolute atomic E-state index is 11.8. The minimum Gasteiger partial charge on any atom is -0.329 e. The molecule has 0 saturated heterocycles. The number of rotatable bonds is 4. The summed E-state index contributed by atoms with van der Waals surface area (Å²) < 4.78 is 1.49. The Bertz CT molecular complexity index is 538. The third-order valence-electron chi connectivity index (χ3n) is 2.00. The summed E-state index contributed by atoms with van der Waals surface area (Å²) in [5.74, 6) is -0.132. The van der Waals surface area contributed by atoms with E-state index < -0.39 is 5.91 Å². The number of hydrogen-bond donors (Lipinski definition) is 2. The Kier molecular flexibility index (Phi) is 3.80. The van der Waals surface area contributed by atoms with Gasteiger partial charge in [-0.15, -0.1) is 15.3 Å². The molecule has 2 aromatic heterocycles. The highest BCUT2D eigenvalue weighted by Crippen LogP contribution is 2.07. The van der Waals surface area contributed by atoms with Crippen LogP contribution in [0.1, 0.15) is 10.5 Å². The maximum Gasteiger partial charge on any atom is 0.279 e. The summed E-state index contributed by atoms with van der Waals surface area (Å²) in [6, 6.07) is 3.06. The normalized spacial score (nSPS) is 10.3. The van der Waals surface area contributed by atoms with Crippen molar-refractivity contribution in [3.8, 4) is 0 Å². The van der Waals surface area contributed by atoms with Crippen molar-refractivity contribution >= 4 is 23.3 Å². The third-order valence-corrected chi connectivity index (χ3v) is 2.20. The van der Waals surface area contributed by atoms with Gasteiger partial charge in [-0.05, 0) is 12.1 Å². The van der Waals surface area contributed by atoms with Gasteiger partial charge in [-0.25, -0.2) is 0 Å². The van der Waals surface area contributed by atoms with Crippen LogP contribution in [0.25, 0.3) is 0 Å². The van der Waals surface area contributed by atoms with Gasteiger partial charge in [-0.1, -0.05) is 16.8 Å². The first kappa shape index (κ1) is 12.4. The number of nitrogens with zero attached hydrogens (tertiary/aromatic N) is 5. The van der Waals surface area contributed by atoms with Gasteiger partial charge >= 0.3 is 0 Å². The smallest absolute Gasteiger partial charge is 0.279 e. The van der Waals surface area contributed by atoms with Crippen molar-refractivity contribution in [1.29, 1.82) is 0 Å². The van der Waals surface area contributed by atoms with Crippen molar-refractivity contribution in [2.24, 2.45) is 5.73 Å². The second-order valence-corrected chi connectivity index (χ2v) is 3.74. The van der Waals surface area contributed by atoms with E-state index in [0.29, 0.717) is 13.1 Å². The number of aromatic nitrogens is 5. The molecule has 94 valence electrons. The van der Waals surface area contributed by atoms with Gasteiger partial charge in [0.25, 0.3) is 5.91 Å². The van der Waals surface area contributed by atoms with Crippen molar-refractivity contribution in [3.63, 3.8) is 0 Å². The van der Waals surface area contributed by atoms with E-state index >= 15 is 0 Å². The number of nitrogens with one attached hydrogen (secondary N) is 1. The maximum atomic E-state index is 11.8. The van der Waals surface area contributed by atoms with Gasteiger partial charge in [0.1, 0.15) is 0 Å². The summed E-state index contributed by atoms with van der Waals surface area (Å²) in [6.45, 7) is 0.925. The number of carbonyl (C=O) groups is 1. The second-order valence-electron chi connectivity index (χ2n) is 3.35. The van der Waals surface area contributed by atoms with E-state index in [1.54, 1.807) is 0 Å². The summed E-state index contributed by atoms with van der Waals surface area (Å²) in [5, 5.41) is 17.5. The number of nitrogens with two attached hydrogens (primary N) is 1. The van der Waals surface area contributed by atoms with E-state index in [-0.39, 0.29) is 16.7 Å². The molecule has 0 saturated carbocycles. The number of amides is 1. The average Bonchev–Trinajstić information content (AvgIpc) is 2.81. The number of carbonyl (C=O) groups excluding carboxylic acids is 1. The Hall–Kier alpha value is -2.06. The van der Waals surface area contributed by atoms with Crippen molar-refractivity contribution in [1.82, 2.24) is 25.2 Å². The van der Waals surface area contributed by atoms with E-state index in [4.69, 9.17) is 17.3 Å². The summed E-state index contributed by atoms with van der Waals surface area (Å²) in [6.07, 6.45) is 1.51. The quantitative estimate of drug-likeness (QED) is 0.802. The molecule has 18 heavy (non-hydrogen) atoms. The van der Waals surface area contributed by atoms with E-state index in [9.17, 15) is 4.79 Å². The number of anilines is 1. The van der Waals surface area contributed by atoms with E-state index in [0.717, 1.165) is 0 Å². The van der Waals surface area contributed by atoms with Crippen molar-refractivity contribution in [3.05, 3.63) is 29.2 Å². The molecule has 2 heterocycles. The van der Waals surface area contributed by atoms with Crippen molar-refractivity contribution in [2.45, 2.75) is 6.54 Å². The largest absolute Gasteiger partial charge is 0.329 e. The summed E-state index contributed by atoms with van der Waals surface area (Å²) in [7, 11) is 0. The molecule has 8 nitrogen and oxygen atoms in total. The van der Waals surface area contributed by atoms with Crippen LogP contribution in [-0.4, -0.2) is 37.6 Å². The van der Waals surface area contributed by atoms with Crippen LogP contribution in [-0.2, 0) is 6.54 Å². The number of halogens is 1. The van der Waals surface area contributed by atoms with E-state index in [1.165, 1.54) is 23.0 Å². The first-order valence-electron chi connectivity index (χ1n) is 5.10. The summed E-state index contributed by atoms with van der Waals surface area (Å²) in [5.41, 5.74) is 5.54. The Balaban J connectivity index is 2.04. The van der Waals surface area contributed by atoms with Gasteiger partial charge < -0.3 is 11.1 Å². The fourth-order valence-electron chi connectivity index (χ4n) is 1.21. The van der Waals surface area contributed by atoms with Crippen LogP contribution in [0, 0.1) is 0 Å². The third kappa shape index (κ3) is 2.99. The van der Waals surface area contributed by atoms with Crippen LogP contribution in [0.3, 0.4) is 0 Å². The lowest BCUT2D eigenvalue weighted by Gasteiger charge is -1.99. The predicted molar refractivity (Wildman–Crippen MR) is 64.1 cm³/mol. The Morgan fingerprint density at radius 3 is 2.89 bits per heavy atom. The molecule has 2 rings (SSSR count). The molecule has 0 spiro atoms. The molecule has 3 N–H and O–H groups in total. The highest BCUT2D eigenvalue weighted by molar-refractivity contribution is 6.29. The van der Waals surface area contributed by atoms with Crippen LogP contribution in [0.4, 0.5) is 5.82 Å². The molecule has 0 atom stereocenters. The first-order valence-corrected chi connectivity index (χ1v) is 5.47. The highest BCUT2D eigenvalue weighted by atomic mass is 35.5. The van der Waals surface area contributed by atoms with Gasteiger partial charge in [0.05, 0.1) is 12.7 Å². The van der Waals surface area contributed by atoms with Crippen LogP contribution in [0.5, 0.6) is 0 Å². The molecule has 9 heteroatoms. The monoisotopic (exact) mass is 267 g/mol. The molecule has 2 aromatic rings. The highest BCUT2D eigenvalue weighted by Gasteiger charge is 2.11. The van der Waals surface area contributed by atoms with E-state index in [2.05, 4.69) is 25.8 Å². The van der Waals surface area contributed by atoms with Gasteiger partial charge in [0, 0.05) is 6.54 Å². The SMILES string of the molecule is NCCn1cc(C(=O)Nc2ccc(Cl)nn2)nn1. The Labute approximate surface area is 107 Å². The van der Waals surface area contributed by atoms with Gasteiger partial charge in [0.2, 0.25) is 0 Å². The minimum absolute atomic E-state index is 0.181. The van der Waals surface area contributed by atoms with Gasteiger partial charge in [0.15, 0.2) is 16.7 Å². The molecule has 0 aliphatic rings. The van der Waals surface area contributed by atoms with Crippen LogP contribution in [0.15, 0.2) is 18.3 Å². The number of hydrogen-bond acceptors (Lipinski definition) is 6.